The van der Waals surface area contributed by atoms with Crippen molar-refractivity contribution in [1.82, 2.24) is 10.3 Å². The van der Waals surface area contributed by atoms with Crippen molar-refractivity contribution < 1.29 is 27.8 Å². The van der Waals surface area contributed by atoms with Crippen molar-refractivity contribution in [2.24, 2.45) is 0 Å². The molecule has 36 heavy (non-hydrogen) atoms. The molecule has 3 N–H and O–H groups in total. The number of aromatic amines is 1. The maximum atomic E-state index is 13.3. The Morgan fingerprint density at radius 1 is 1.06 bits per heavy atom. The van der Waals surface area contributed by atoms with E-state index in [2.05, 4.69) is 10.3 Å². The molecule has 0 fully saturated rings. The third-order valence-corrected chi connectivity index (χ3v) is 5.91. The quantitative estimate of drug-likeness (QED) is 0.267. The number of carbonyl (C=O) groups is 1. The number of aromatic nitrogens is 1. The van der Waals surface area contributed by atoms with Gasteiger partial charge in [0.2, 0.25) is 0 Å². The second-order valence-electron chi connectivity index (χ2n) is 8.55. The van der Waals surface area contributed by atoms with Gasteiger partial charge in [-0.25, -0.2) is 0 Å². The standard InChI is InChI=1S/C28H27F3N2O3/c1-2-12-36-26-11-10-19(18-6-5-7-21(13-18)28(29,30)31)15-24(26)27(35)33-22(17-34)14-20-16-32-25-9-4-3-8-23(20)25/h3-11,13,15-16,22,32,34H,2,12,14,17H2,1H3,(H,33,35)/t22-/m1/s1. The maximum Gasteiger partial charge on any atom is 0.416 e. The lowest BCUT2D eigenvalue weighted by Gasteiger charge is -2.18. The third kappa shape index (κ3) is 5.71. The van der Waals surface area contributed by atoms with Crippen LogP contribution in [0.1, 0.15) is 34.8 Å². The Balaban J connectivity index is 1.62. The lowest BCUT2D eigenvalue weighted by Crippen LogP contribution is -2.39. The van der Waals surface area contributed by atoms with Crippen LogP contribution in [0.4, 0.5) is 13.2 Å². The highest BCUT2D eigenvalue weighted by molar-refractivity contribution is 5.98. The van der Waals surface area contributed by atoms with Gasteiger partial charge in [-0.3, -0.25) is 4.79 Å². The number of benzene rings is 3. The Labute approximate surface area is 206 Å². The lowest BCUT2D eigenvalue weighted by atomic mass is 9.99. The van der Waals surface area contributed by atoms with E-state index in [4.69, 9.17) is 4.74 Å². The SMILES string of the molecule is CCCOc1ccc(-c2cccc(C(F)(F)F)c2)cc1C(=O)N[C@@H](CO)Cc1c[nH]c2ccccc12. The van der Waals surface area contributed by atoms with Crippen molar-refractivity contribution in [2.45, 2.75) is 32.0 Å². The highest BCUT2D eigenvalue weighted by Gasteiger charge is 2.30. The van der Waals surface area contributed by atoms with Gasteiger partial charge in [-0.1, -0.05) is 43.3 Å². The normalized spacial score (nSPS) is 12.5. The molecule has 0 saturated heterocycles. The summed E-state index contributed by atoms with van der Waals surface area (Å²) < 4.78 is 45.4. The van der Waals surface area contributed by atoms with E-state index in [1.54, 1.807) is 18.2 Å². The number of halogens is 3. The first-order valence-electron chi connectivity index (χ1n) is 11.7. The number of carbonyl (C=O) groups excluding carboxylic acids is 1. The number of H-pyrrole nitrogens is 1. The highest BCUT2D eigenvalue weighted by Crippen LogP contribution is 2.33. The molecule has 0 unspecified atom stereocenters. The van der Waals surface area contributed by atoms with Crippen LogP contribution < -0.4 is 10.1 Å². The monoisotopic (exact) mass is 496 g/mol. The van der Waals surface area contributed by atoms with Gasteiger partial charge in [-0.15, -0.1) is 0 Å². The van der Waals surface area contributed by atoms with Crippen LogP contribution in [-0.2, 0) is 12.6 Å². The fourth-order valence-electron chi connectivity index (χ4n) is 4.09. The van der Waals surface area contributed by atoms with Gasteiger partial charge < -0.3 is 20.1 Å². The molecule has 0 bridgehead atoms. The predicted molar refractivity (Wildman–Crippen MR) is 133 cm³/mol. The number of nitrogens with one attached hydrogen (secondary N) is 2. The summed E-state index contributed by atoms with van der Waals surface area (Å²) in [6, 6.07) is 16.9. The molecule has 0 radical (unpaired) electrons. The molecule has 0 aliphatic rings. The second-order valence-corrected chi connectivity index (χ2v) is 8.55. The fraction of sp³-hybridized carbons (Fsp3) is 0.250. The number of ether oxygens (including phenoxy) is 1. The van der Waals surface area contributed by atoms with Gasteiger partial charge in [0.05, 0.1) is 30.4 Å². The van der Waals surface area contributed by atoms with Crippen LogP contribution in [0.5, 0.6) is 5.75 Å². The van der Waals surface area contributed by atoms with Crippen LogP contribution in [0.25, 0.3) is 22.0 Å². The number of fused-ring (bicyclic) bond motifs is 1. The maximum absolute atomic E-state index is 13.3. The largest absolute Gasteiger partial charge is 0.493 e. The van der Waals surface area contributed by atoms with Crippen LogP contribution in [0, 0.1) is 0 Å². The summed E-state index contributed by atoms with van der Waals surface area (Å²) in [6.45, 7) is 2.02. The molecule has 1 heterocycles. The minimum Gasteiger partial charge on any atom is -0.493 e. The van der Waals surface area contributed by atoms with E-state index in [0.29, 0.717) is 29.9 Å². The molecule has 5 nitrogen and oxygen atoms in total. The second kappa shape index (κ2) is 10.9. The molecule has 1 aromatic heterocycles. The zero-order valence-electron chi connectivity index (χ0n) is 19.7. The van der Waals surface area contributed by atoms with Gasteiger partial charge in [0.1, 0.15) is 5.75 Å². The summed E-state index contributed by atoms with van der Waals surface area (Å²) in [6.07, 6.45) is -1.51. The number of hydrogen-bond acceptors (Lipinski definition) is 3. The van der Waals surface area contributed by atoms with Gasteiger partial charge in [0.15, 0.2) is 0 Å². The molecule has 4 rings (SSSR count). The zero-order chi connectivity index (χ0) is 25.7. The fourth-order valence-corrected chi connectivity index (χ4v) is 4.09. The summed E-state index contributed by atoms with van der Waals surface area (Å²) in [4.78, 5) is 16.5. The number of aliphatic hydroxyl groups is 1. The minimum absolute atomic E-state index is 0.190. The smallest absolute Gasteiger partial charge is 0.416 e. The molecule has 0 spiro atoms. The van der Waals surface area contributed by atoms with Gasteiger partial charge in [0.25, 0.3) is 5.91 Å². The van der Waals surface area contributed by atoms with Crippen LogP contribution >= 0.6 is 0 Å². The van der Waals surface area contributed by atoms with Crippen molar-refractivity contribution in [3.63, 3.8) is 0 Å². The van der Waals surface area contributed by atoms with E-state index in [0.717, 1.165) is 35.0 Å². The van der Waals surface area contributed by atoms with Gasteiger partial charge >= 0.3 is 6.18 Å². The third-order valence-electron chi connectivity index (χ3n) is 5.91. The molecule has 1 atom stereocenters. The summed E-state index contributed by atoms with van der Waals surface area (Å²) in [5.74, 6) is -0.150. The number of para-hydroxylation sites is 1. The van der Waals surface area contributed by atoms with Gasteiger partial charge in [0, 0.05) is 17.1 Å². The Bertz CT molecular complexity index is 1350. The van der Waals surface area contributed by atoms with Crippen LogP contribution in [0.15, 0.2) is 72.9 Å². The summed E-state index contributed by atoms with van der Waals surface area (Å²) in [5.41, 5.74) is 2.11. The Morgan fingerprint density at radius 3 is 2.58 bits per heavy atom. The van der Waals surface area contributed by atoms with Crippen molar-refractivity contribution in [2.75, 3.05) is 13.2 Å². The van der Waals surface area contributed by atoms with Crippen LogP contribution in [-0.4, -0.2) is 35.3 Å². The average molecular weight is 497 g/mol. The first-order valence-corrected chi connectivity index (χ1v) is 11.7. The molecule has 1 amide bonds. The molecule has 0 aliphatic heterocycles. The number of alkyl halides is 3. The van der Waals surface area contributed by atoms with E-state index < -0.39 is 23.7 Å². The van der Waals surface area contributed by atoms with E-state index in [9.17, 15) is 23.1 Å². The van der Waals surface area contributed by atoms with E-state index in [1.807, 2.05) is 37.4 Å². The topological polar surface area (TPSA) is 74.3 Å². The molecule has 188 valence electrons. The van der Waals surface area contributed by atoms with Gasteiger partial charge in [-0.05, 0) is 59.9 Å². The molecule has 0 aliphatic carbocycles. The molecular weight excluding hydrogens is 469 g/mol. The van der Waals surface area contributed by atoms with Crippen molar-refractivity contribution >= 4 is 16.8 Å². The van der Waals surface area contributed by atoms with Crippen LogP contribution in [0.3, 0.4) is 0 Å². The number of aliphatic hydroxyl groups excluding tert-OH is 1. The summed E-state index contributed by atoms with van der Waals surface area (Å²) in [5, 5.41) is 13.8. The molecule has 4 aromatic rings. The van der Waals surface area contributed by atoms with Crippen molar-refractivity contribution in [1.29, 1.82) is 0 Å². The summed E-state index contributed by atoms with van der Waals surface area (Å²) in [7, 11) is 0. The van der Waals surface area contributed by atoms with E-state index in [-0.39, 0.29) is 12.2 Å². The number of amides is 1. The summed E-state index contributed by atoms with van der Waals surface area (Å²) >= 11 is 0. The molecule has 0 saturated carbocycles. The number of hydrogen-bond donors (Lipinski definition) is 3. The minimum atomic E-state index is -4.48. The first-order chi connectivity index (χ1) is 17.3. The lowest BCUT2D eigenvalue weighted by molar-refractivity contribution is -0.137. The molecule has 3 aromatic carbocycles. The van der Waals surface area contributed by atoms with Gasteiger partial charge in [-0.2, -0.15) is 13.2 Å². The molecular formula is C28H27F3N2O3. The van der Waals surface area contributed by atoms with Crippen LogP contribution in [0.2, 0.25) is 0 Å². The zero-order valence-corrected chi connectivity index (χ0v) is 19.7. The Kier molecular flexibility index (Phi) is 7.64. The van der Waals surface area contributed by atoms with E-state index in [1.165, 1.54) is 12.1 Å². The Morgan fingerprint density at radius 2 is 1.83 bits per heavy atom. The first kappa shape index (κ1) is 25.3. The predicted octanol–water partition coefficient (Wildman–Crippen LogP) is 5.98. The van der Waals surface area contributed by atoms with Crippen molar-refractivity contribution in [3.05, 3.63) is 89.6 Å². The molecule has 8 heteroatoms. The highest BCUT2D eigenvalue weighted by atomic mass is 19.4. The Hall–Kier alpha value is -3.78. The number of rotatable bonds is 9. The van der Waals surface area contributed by atoms with Crippen molar-refractivity contribution in [3.8, 4) is 16.9 Å². The average Bonchev–Trinajstić information content (AvgIpc) is 3.29. The van der Waals surface area contributed by atoms with E-state index >= 15 is 0 Å².